The fourth-order valence-electron chi connectivity index (χ4n) is 2.34. The van der Waals surface area contributed by atoms with Gasteiger partial charge in [0.15, 0.2) is 5.76 Å². The van der Waals surface area contributed by atoms with E-state index < -0.39 is 5.97 Å². The Morgan fingerprint density at radius 3 is 2.68 bits per heavy atom. The van der Waals surface area contributed by atoms with E-state index in [0.717, 1.165) is 5.56 Å². The third kappa shape index (κ3) is 3.65. The predicted octanol–water partition coefficient (Wildman–Crippen LogP) is 4.17. The Hall–Kier alpha value is -3.65. The van der Waals surface area contributed by atoms with E-state index in [1.165, 1.54) is 13.2 Å². The first-order valence-electron chi connectivity index (χ1n) is 7.54. The van der Waals surface area contributed by atoms with Crippen molar-refractivity contribution in [1.29, 1.82) is 5.26 Å². The maximum absolute atomic E-state index is 11.9. The van der Waals surface area contributed by atoms with Crippen molar-refractivity contribution in [1.82, 2.24) is 5.16 Å². The van der Waals surface area contributed by atoms with E-state index in [0.29, 0.717) is 28.1 Å². The number of aromatic nitrogens is 1. The molecule has 0 bridgehead atoms. The van der Waals surface area contributed by atoms with Crippen LogP contribution in [0.1, 0.15) is 27.2 Å². The molecule has 0 unspecified atom stereocenters. The van der Waals surface area contributed by atoms with Gasteiger partial charge in [0.25, 0.3) is 0 Å². The molecule has 2 aromatic carbocycles. The molecule has 5 heteroatoms. The van der Waals surface area contributed by atoms with E-state index >= 15 is 0 Å². The molecule has 0 N–H and O–H groups in total. The number of nitriles is 1. The van der Waals surface area contributed by atoms with Crippen LogP contribution in [-0.2, 0) is 4.74 Å². The number of hydrogen-bond acceptors (Lipinski definition) is 5. The van der Waals surface area contributed by atoms with Crippen molar-refractivity contribution in [3.63, 3.8) is 0 Å². The van der Waals surface area contributed by atoms with E-state index in [1.807, 2.05) is 42.5 Å². The third-order valence-electron chi connectivity index (χ3n) is 3.61. The summed E-state index contributed by atoms with van der Waals surface area (Å²) in [5, 5.41) is 13.0. The smallest absolute Gasteiger partial charge is 0.338 e. The molecule has 1 heterocycles. The minimum absolute atomic E-state index is 0.324. The monoisotopic (exact) mass is 330 g/mol. The van der Waals surface area contributed by atoms with Crippen molar-refractivity contribution in [3.05, 3.63) is 77.0 Å². The van der Waals surface area contributed by atoms with E-state index in [1.54, 1.807) is 24.3 Å². The Morgan fingerprint density at radius 1 is 1.16 bits per heavy atom. The molecule has 5 nitrogen and oxygen atoms in total. The first kappa shape index (κ1) is 16.2. The van der Waals surface area contributed by atoms with Crippen LogP contribution in [0.4, 0.5) is 0 Å². The van der Waals surface area contributed by atoms with E-state index in [-0.39, 0.29) is 0 Å². The average molecular weight is 330 g/mol. The fourth-order valence-corrected chi connectivity index (χ4v) is 2.34. The zero-order valence-electron chi connectivity index (χ0n) is 13.5. The second kappa shape index (κ2) is 7.28. The number of ether oxygens (including phenoxy) is 1. The summed E-state index contributed by atoms with van der Waals surface area (Å²) in [5.41, 5.74) is 2.91. The van der Waals surface area contributed by atoms with Crippen molar-refractivity contribution >= 4 is 18.1 Å². The lowest BCUT2D eigenvalue weighted by Crippen LogP contribution is -2.04. The van der Waals surface area contributed by atoms with Gasteiger partial charge in [0, 0.05) is 11.6 Å². The molecule has 0 amide bonds. The number of nitrogens with zero attached hydrogens (tertiary/aromatic N) is 2. The summed E-state index contributed by atoms with van der Waals surface area (Å²) >= 11 is 0. The fraction of sp³-hybridized carbons (Fsp3) is 0.0500. The number of rotatable bonds is 4. The highest BCUT2D eigenvalue weighted by Gasteiger charge is 2.11. The molecule has 0 aliphatic carbocycles. The van der Waals surface area contributed by atoms with Crippen LogP contribution in [-0.4, -0.2) is 18.2 Å². The summed E-state index contributed by atoms with van der Waals surface area (Å²) in [4.78, 5) is 11.9. The van der Waals surface area contributed by atoms with Gasteiger partial charge in [-0.15, -0.1) is 0 Å². The third-order valence-corrected chi connectivity index (χ3v) is 3.61. The minimum Gasteiger partial charge on any atom is -0.465 e. The molecule has 0 saturated heterocycles. The second-order valence-corrected chi connectivity index (χ2v) is 5.22. The molecule has 3 rings (SSSR count). The Labute approximate surface area is 144 Å². The van der Waals surface area contributed by atoms with Gasteiger partial charge in [-0.1, -0.05) is 47.6 Å². The predicted molar refractivity (Wildman–Crippen MR) is 93.4 cm³/mol. The number of benzene rings is 2. The quantitative estimate of drug-likeness (QED) is 0.671. The lowest BCUT2D eigenvalue weighted by Gasteiger charge is -2.04. The maximum Gasteiger partial charge on any atom is 0.338 e. The van der Waals surface area contributed by atoms with Crippen LogP contribution >= 0.6 is 0 Å². The van der Waals surface area contributed by atoms with Crippen molar-refractivity contribution in [2.75, 3.05) is 7.11 Å². The van der Waals surface area contributed by atoms with Gasteiger partial charge in [0.05, 0.1) is 24.3 Å². The summed E-state index contributed by atoms with van der Waals surface area (Å²) in [5.74, 6) is 0.162. The molecule has 0 atom stereocenters. The van der Waals surface area contributed by atoms with Crippen LogP contribution in [0.2, 0.25) is 0 Å². The minimum atomic E-state index is -0.498. The molecule has 0 aliphatic rings. The van der Waals surface area contributed by atoms with Gasteiger partial charge in [-0.3, -0.25) is 0 Å². The van der Waals surface area contributed by atoms with E-state index in [9.17, 15) is 4.79 Å². The topological polar surface area (TPSA) is 76.1 Å². The first-order chi connectivity index (χ1) is 12.2. The molecule has 1 aromatic heterocycles. The molecule has 25 heavy (non-hydrogen) atoms. The van der Waals surface area contributed by atoms with Crippen LogP contribution in [0.5, 0.6) is 0 Å². The Kier molecular flexibility index (Phi) is 4.72. The Morgan fingerprint density at radius 2 is 1.96 bits per heavy atom. The van der Waals surface area contributed by atoms with Gasteiger partial charge in [-0.05, 0) is 23.8 Å². The molecule has 122 valence electrons. The number of esters is 1. The molecule has 0 saturated carbocycles. The Balaban J connectivity index is 1.89. The average Bonchev–Trinajstić information content (AvgIpc) is 3.15. The largest absolute Gasteiger partial charge is 0.465 e. The van der Waals surface area contributed by atoms with Gasteiger partial charge in [0.1, 0.15) is 5.69 Å². The molecular formula is C20H14N2O3. The van der Waals surface area contributed by atoms with Crippen molar-refractivity contribution < 1.29 is 14.1 Å². The highest BCUT2D eigenvalue weighted by Crippen LogP contribution is 2.21. The molecule has 0 spiro atoms. The van der Waals surface area contributed by atoms with Gasteiger partial charge >= 0.3 is 5.97 Å². The standard InChI is InChI=1S/C20H14N2O3/c1-24-20(23)18-11-14(13-21)7-8-15(18)9-10-17-12-19(25-22-17)16-5-3-2-4-6-16/h2-12H,1H3. The van der Waals surface area contributed by atoms with E-state index in [2.05, 4.69) is 5.16 Å². The number of carbonyl (C=O) groups excluding carboxylic acids is 1. The lowest BCUT2D eigenvalue weighted by molar-refractivity contribution is 0.0600. The van der Waals surface area contributed by atoms with E-state index in [4.69, 9.17) is 14.5 Å². The van der Waals surface area contributed by atoms with Crippen molar-refractivity contribution in [2.24, 2.45) is 0 Å². The van der Waals surface area contributed by atoms with Crippen LogP contribution in [0.25, 0.3) is 23.5 Å². The highest BCUT2D eigenvalue weighted by atomic mass is 16.5. The summed E-state index contributed by atoms with van der Waals surface area (Å²) in [7, 11) is 1.30. The molecule has 0 aliphatic heterocycles. The van der Waals surface area contributed by atoms with Crippen LogP contribution < -0.4 is 0 Å². The van der Waals surface area contributed by atoms with Gasteiger partial charge in [0.2, 0.25) is 0 Å². The SMILES string of the molecule is COC(=O)c1cc(C#N)ccc1C=Cc1cc(-c2ccccc2)on1. The molecule has 0 fully saturated rings. The van der Waals surface area contributed by atoms with Crippen LogP contribution in [0.3, 0.4) is 0 Å². The van der Waals surface area contributed by atoms with Crippen LogP contribution in [0, 0.1) is 11.3 Å². The van der Waals surface area contributed by atoms with Crippen molar-refractivity contribution in [2.45, 2.75) is 0 Å². The molecule has 0 radical (unpaired) electrons. The zero-order valence-corrected chi connectivity index (χ0v) is 13.5. The number of methoxy groups -OCH3 is 1. The lowest BCUT2D eigenvalue weighted by atomic mass is 10.0. The molecule has 3 aromatic rings. The van der Waals surface area contributed by atoms with Crippen molar-refractivity contribution in [3.8, 4) is 17.4 Å². The summed E-state index contributed by atoms with van der Waals surface area (Å²) in [6.07, 6.45) is 3.48. The second-order valence-electron chi connectivity index (χ2n) is 5.22. The summed E-state index contributed by atoms with van der Waals surface area (Å²) in [6, 6.07) is 18.3. The van der Waals surface area contributed by atoms with Gasteiger partial charge < -0.3 is 9.26 Å². The summed E-state index contributed by atoms with van der Waals surface area (Å²) < 4.78 is 10.1. The first-order valence-corrected chi connectivity index (χ1v) is 7.54. The number of carbonyl (C=O) groups is 1. The zero-order chi connectivity index (χ0) is 17.6. The highest BCUT2D eigenvalue weighted by molar-refractivity contribution is 5.95. The normalized spacial score (nSPS) is 10.6. The maximum atomic E-state index is 11.9. The summed E-state index contributed by atoms with van der Waals surface area (Å²) in [6.45, 7) is 0. The number of hydrogen-bond donors (Lipinski definition) is 0. The van der Waals surface area contributed by atoms with Gasteiger partial charge in [-0.2, -0.15) is 5.26 Å². The molecular weight excluding hydrogens is 316 g/mol. The Bertz CT molecular complexity index is 966. The van der Waals surface area contributed by atoms with Gasteiger partial charge in [-0.25, -0.2) is 4.79 Å². The van der Waals surface area contributed by atoms with Crippen LogP contribution in [0.15, 0.2) is 59.1 Å².